The van der Waals surface area contributed by atoms with E-state index in [1.807, 2.05) is 0 Å². The molecule has 0 spiro atoms. The van der Waals surface area contributed by atoms with Gasteiger partial charge < -0.3 is 19.2 Å². The van der Waals surface area contributed by atoms with Crippen molar-refractivity contribution in [1.82, 2.24) is 9.78 Å². The Labute approximate surface area is 165 Å². The predicted octanol–water partition coefficient (Wildman–Crippen LogP) is 3.28. The molecule has 28 heavy (non-hydrogen) atoms. The molecule has 3 aromatic rings. The number of rotatable bonds is 6. The molecule has 0 aliphatic rings. The second-order valence-electron chi connectivity index (χ2n) is 6.32. The summed E-state index contributed by atoms with van der Waals surface area (Å²) in [6.07, 6.45) is -0.136. The SMILES string of the molecule is COc1nn(-c2ccc(NC(=O)C(C)(C)Oc3ccc(Cl)cc3)cc2)c(=O)o1. The van der Waals surface area contributed by atoms with Crippen LogP contribution < -0.4 is 20.5 Å². The van der Waals surface area contributed by atoms with E-state index >= 15 is 0 Å². The van der Waals surface area contributed by atoms with Gasteiger partial charge in [0.2, 0.25) is 0 Å². The third-order valence-electron chi connectivity index (χ3n) is 3.81. The van der Waals surface area contributed by atoms with Gasteiger partial charge >= 0.3 is 11.8 Å². The fourth-order valence-electron chi connectivity index (χ4n) is 2.32. The van der Waals surface area contributed by atoms with Gasteiger partial charge in [-0.15, -0.1) is 0 Å². The van der Waals surface area contributed by atoms with Gasteiger partial charge in [-0.3, -0.25) is 4.79 Å². The van der Waals surface area contributed by atoms with E-state index in [0.29, 0.717) is 22.1 Å². The van der Waals surface area contributed by atoms with E-state index in [4.69, 9.17) is 25.5 Å². The Morgan fingerprint density at radius 1 is 1.14 bits per heavy atom. The summed E-state index contributed by atoms with van der Waals surface area (Å²) < 4.78 is 16.4. The molecule has 3 rings (SSSR count). The third kappa shape index (κ3) is 4.34. The van der Waals surface area contributed by atoms with E-state index in [0.717, 1.165) is 4.68 Å². The number of benzene rings is 2. The average molecular weight is 404 g/mol. The van der Waals surface area contributed by atoms with Gasteiger partial charge in [0.1, 0.15) is 5.75 Å². The Morgan fingerprint density at radius 2 is 1.79 bits per heavy atom. The minimum absolute atomic E-state index is 0.136. The fourth-order valence-corrected chi connectivity index (χ4v) is 2.44. The largest absolute Gasteiger partial charge is 0.478 e. The topological polar surface area (TPSA) is 95.6 Å². The van der Waals surface area contributed by atoms with Crippen LogP contribution in [0.25, 0.3) is 5.69 Å². The number of nitrogens with zero attached hydrogens (tertiary/aromatic N) is 2. The van der Waals surface area contributed by atoms with Crippen LogP contribution in [0, 0.1) is 0 Å². The number of carbonyl (C=O) groups excluding carboxylic acids is 1. The van der Waals surface area contributed by atoms with Gasteiger partial charge in [-0.05, 0) is 62.4 Å². The highest BCUT2D eigenvalue weighted by atomic mass is 35.5. The number of carbonyl (C=O) groups is 1. The number of hydrogen-bond acceptors (Lipinski definition) is 6. The van der Waals surface area contributed by atoms with E-state index in [1.54, 1.807) is 62.4 Å². The van der Waals surface area contributed by atoms with E-state index in [2.05, 4.69) is 10.4 Å². The molecule has 1 N–H and O–H groups in total. The molecule has 9 heteroatoms. The van der Waals surface area contributed by atoms with Crippen LogP contribution in [-0.2, 0) is 4.79 Å². The molecule has 0 aliphatic carbocycles. The highest BCUT2D eigenvalue weighted by Crippen LogP contribution is 2.22. The second kappa shape index (κ2) is 7.77. The molecular formula is C19H18ClN3O5. The van der Waals surface area contributed by atoms with E-state index in [-0.39, 0.29) is 12.0 Å². The highest BCUT2D eigenvalue weighted by Gasteiger charge is 2.30. The van der Waals surface area contributed by atoms with Gasteiger partial charge in [-0.25, -0.2) is 4.79 Å². The molecule has 0 bridgehead atoms. The van der Waals surface area contributed by atoms with Gasteiger partial charge in [0.25, 0.3) is 5.91 Å². The standard InChI is InChI=1S/C19H18ClN3O5/c1-19(2,28-15-10-4-12(20)5-11-15)16(24)21-13-6-8-14(9-7-13)23-18(25)27-17(22-23)26-3/h4-11H,1-3H3,(H,21,24). The third-order valence-corrected chi connectivity index (χ3v) is 4.06. The zero-order chi connectivity index (χ0) is 20.3. The van der Waals surface area contributed by atoms with Crippen molar-refractivity contribution in [1.29, 1.82) is 0 Å². The van der Waals surface area contributed by atoms with Crippen molar-refractivity contribution in [3.05, 3.63) is 64.1 Å². The Hall–Kier alpha value is -3.26. The van der Waals surface area contributed by atoms with E-state index in [9.17, 15) is 9.59 Å². The summed E-state index contributed by atoms with van der Waals surface area (Å²) >= 11 is 5.86. The number of ether oxygens (including phenoxy) is 2. The smallest absolute Gasteiger partial charge is 0.444 e. The van der Waals surface area contributed by atoms with Crippen LogP contribution in [-0.4, -0.2) is 28.4 Å². The zero-order valence-electron chi connectivity index (χ0n) is 15.4. The maximum absolute atomic E-state index is 12.6. The monoisotopic (exact) mass is 403 g/mol. The van der Waals surface area contributed by atoms with Crippen LogP contribution in [0.5, 0.6) is 11.8 Å². The van der Waals surface area contributed by atoms with Gasteiger partial charge in [0, 0.05) is 10.7 Å². The summed E-state index contributed by atoms with van der Waals surface area (Å²) in [6, 6.07) is 13.3. The number of anilines is 1. The lowest BCUT2D eigenvalue weighted by atomic mass is 10.1. The Morgan fingerprint density at radius 3 is 2.36 bits per heavy atom. The minimum Gasteiger partial charge on any atom is -0.478 e. The molecule has 0 saturated carbocycles. The van der Waals surface area contributed by atoms with Crippen molar-refractivity contribution in [3.8, 4) is 17.5 Å². The number of nitrogens with one attached hydrogen (secondary N) is 1. The van der Waals surface area contributed by atoms with Crippen molar-refractivity contribution in [2.75, 3.05) is 12.4 Å². The Balaban J connectivity index is 1.70. The molecule has 1 amide bonds. The summed E-state index contributed by atoms with van der Waals surface area (Å²) in [7, 11) is 1.35. The molecule has 2 aromatic carbocycles. The van der Waals surface area contributed by atoms with Crippen molar-refractivity contribution < 1.29 is 18.7 Å². The lowest BCUT2D eigenvalue weighted by Gasteiger charge is -2.25. The zero-order valence-corrected chi connectivity index (χ0v) is 16.2. The molecule has 1 heterocycles. The molecule has 146 valence electrons. The van der Waals surface area contributed by atoms with Gasteiger partial charge in [-0.2, -0.15) is 4.68 Å². The number of amides is 1. The summed E-state index contributed by atoms with van der Waals surface area (Å²) in [5.41, 5.74) is -0.125. The Kier molecular flexibility index (Phi) is 5.41. The molecule has 1 aromatic heterocycles. The average Bonchev–Trinajstić information content (AvgIpc) is 3.05. The number of methoxy groups -OCH3 is 1. The van der Waals surface area contributed by atoms with Gasteiger partial charge in [0.15, 0.2) is 5.60 Å². The minimum atomic E-state index is -1.12. The summed E-state index contributed by atoms with van der Waals surface area (Å²) in [5, 5.41) is 7.24. The second-order valence-corrected chi connectivity index (χ2v) is 6.75. The van der Waals surface area contributed by atoms with E-state index < -0.39 is 11.4 Å². The maximum atomic E-state index is 12.6. The summed E-state index contributed by atoms with van der Waals surface area (Å²) in [6.45, 7) is 3.32. The molecule has 0 fully saturated rings. The number of halogens is 1. The van der Waals surface area contributed by atoms with Gasteiger partial charge in [0.05, 0.1) is 12.8 Å². The lowest BCUT2D eigenvalue weighted by molar-refractivity contribution is -0.128. The molecule has 0 aliphatic heterocycles. The molecule has 8 nitrogen and oxygen atoms in total. The number of hydrogen-bond donors (Lipinski definition) is 1. The summed E-state index contributed by atoms with van der Waals surface area (Å²) in [5.74, 6) is -0.485. The van der Waals surface area contributed by atoms with Crippen molar-refractivity contribution in [2.24, 2.45) is 0 Å². The highest BCUT2D eigenvalue weighted by molar-refractivity contribution is 6.30. The fraction of sp³-hybridized carbons (Fsp3) is 0.211. The van der Waals surface area contributed by atoms with Crippen LogP contribution in [0.4, 0.5) is 5.69 Å². The molecule has 0 atom stereocenters. The van der Waals surface area contributed by atoms with Crippen molar-refractivity contribution in [2.45, 2.75) is 19.4 Å². The first-order chi connectivity index (χ1) is 13.3. The Bertz CT molecular complexity index is 1020. The molecular weight excluding hydrogens is 386 g/mol. The van der Waals surface area contributed by atoms with Crippen LogP contribution >= 0.6 is 11.6 Å². The number of aromatic nitrogens is 2. The van der Waals surface area contributed by atoms with Crippen LogP contribution in [0.1, 0.15) is 13.8 Å². The van der Waals surface area contributed by atoms with Crippen LogP contribution in [0.3, 0.4) is 0 Å². The summed E-state index contributed by atoms with van der Waals surface area (Å²) in [4.78, 5) is 24.3. The first-order valence-electron chi connectivity index (χ1n) is 8.29. The lowest BCUT2D eigenvalue weighted by Crippen LogP contribution is -2.42. The molecule has 0 radical (unpaired) electrons. The maximum Gasteiger partial charge on any atom is 0.444 e. The first kappa shape index (κ1) is 19.5. The normalized spacial score (nSPS) is 11.1. The van der Waals surface area contributed by atoms with Crippen LogP contribution in [0.15, 0.2) is 57.7 Å². The molecule has 0 saturated heterocycles. The predicted molar refractivity (Wildman–Crippen MR) is 103 cm³/mol. The van der Waals surface area contributed by atoms with E-state index in [1.165, 1.54) is 7.11 Å². The molecule has 0 unspecified atom stereocenters. The van der Waals surface area contributed by atoms with Gasteiger partial charge in [-0.1, -0.05) is 16.7 Å². The van der Waals surface area contributed by atoms with Crippen molar-refractivity contribution >= 4 is 23.2 Å². The van der Waals surface area contributed by atoms with Crippen LogP contribution in [0.2, 0.25) is 5.02 Å². The first-order valence-corrected chi connectivity index (χ1v) is 8.67. The quantitative estimate of drug-likeness (QED) is 0.678. The van der Waals surface area contributed by atoms with Crippen molar-refractivity contribution in [3.63, 3.8) is 0 Å².